The summed E-state index contributed by atoms with van der Waals surface area (Å²) in [5.41, 5.74) is 1.39. The van der Waals surface area contributed by atoms with Crippen molar-refractivity contribution >= 4 is 23.8 Å². The average Bonchev–Trinajstić information content (AvgIpc) is 3.29. The fraction of sp³-hybridized carbons (Fsp3) is 0.455. The predicted octanol–water partition coefficient (Wildman–Crippen LogP) is 3.15. The van der Waals surface area contributed by atoms with Crippen molar-refractivity contribution < 1.29 is 33.0 Å². The first-order chi connectivity index (χ1) is 16.5. The van der Waals surface area contributed by atoms with Gasteiger partial charge in [-0.2, -0.15) is 0 Å². The summed E-state index contributed by atoms with van der Waals surface area (Å²) in [6.07, 6.45) is 0. The second-order valence-corrected chi connectivity index (χ2v) is 7.67. The number of carbonyl (C=O) groups is 2. The van der Waals surface area contributed by atoms with Gasteiger partial charge in [-0.05, 0) is 39.8 Å². The molecule has 12 heteroatoms. The van der Waals surface area contributed by atoms with E-state index in [1.807, 2.05) is 20.8 Å². The Morgan fingerprint density at radius 2 is 1.71 bits per heavy atom. The van der Waals surface area contributed by atoms with Gasteiger partial charge in [0.05, 0.1) is 38.5 Å². The van der Waals surface area contributed by atoms with Gasteiger partial charge in [0.15, 0.2) is 11.5 Å². The van der Waals surface area contributed by atoms with E-state index < -0.39 is 12.0 Å². The third-order valence-electron chi connectivity index (χ3n) is 4.48. The first-order valence-electron chi connectivity index (χ1n) is 11.0. The lowest BCUT2D eigenvalue weighted by Gasteiger charge is -2.20. The highest BCUT2D eigenvalue weighted by Crippen LogP contribution is 2.42. The molecule has 0 saturated heterocycles. The zero-order valence-corrected chi connectivity index (χ0v) is 20.4. The lowest BCUT2D eigenvalue weighted by molar-refractivity contribution is -0.138. The van der Waals surface area contributed by atoms with Gasteiger partial charge in [0, 0.05) is 17.0 Å². The molecular weight excluding hydrogens is 464 g/mol. The van der Waals surface area contributed by atoms with Crippen molar-refractivity contribution in [1.29, 1.82) is 0 Å². The van der Waals surface area contributed by atoms with E-state index in [-0.39, 0.29) is 30.0 Å². The number of hydrogen-bond acceptors (Lipinski definition) is 10. The number of aromatic nitrogens is 2. The molecule has 2 N–H and O–H groups in total. The molecule has 1 aromatic heterocycles. The SMILES string of the molecule is CCOC(=O)C1=C(CSc2nnc(-c3cc(OCC)c(OCC)c(OCC)c3)o2)NC(=O)NC1. The van der Waals surface area contributed by atoms with Crippen molar-refractivity contribution in [3.8, 4) is 28.7 Å². The molecule has 1 aliphatic heterocycles. The lowest BCUT2D eigenvalue weighted by atomic mass is 10.2. The fourth-order valence-electron chi connectivity index (χ4n) is 3.10. The number of rotatable bonds is 12. The molecule has 3 rings (SSSR count). The summed E-state index contributed by atoms with van der Waals surface area (Å²) in [4.78, 5) is 23.9. The second kappa shape index (κ2) is 12.2. The van der Waals surface area contributed by atoms with Crippen LogP contribution in [0, 0.1) is 0 Å². The number of thioether (sulfide) groups is 1. The summed E-state index contributed by atoms with van der Waals surface area (Å²) >= 11 is 1.19. The minimum absolute atomic E-state index is 0.0855. The van der Waals surface area contributed by atoms with Crippen LogP contribution in [0.3, 0.4) is 0 Å². The van der Waals surface area contributed by atoms with Crippen LogP contribution in [0.1, 0.15) is 27.7 Å². The summed E-state index contributed by atoms with van der Waals surface area (Å²) in [7, 11) is 0. The summed E-state index contributed by atoms with van der Waals surface area (Å²) in [6.45, 7) is 9.02. The van der Waals surface area contributed by atoms with Crippen LogP contribution in [0.25, 0.3) is 11.5 Å². The van der Waals surface area contributed by atoms with Gasteiger partial charge in [0.1, 0.15) is 0 Å². The molecular formula is C22H28N4O7S. The van der Waals surface area contributed by atoms with Gasteiger partial charge in [-0.15, -0.1) is 10.2 Å². The van der Waals surface area contributed by atoms with Crippen molar-refractivity contribution in [2.24, 2.45) is 0 Å². The smallest absolute Gasteiger partial charge is 0.337 e. The first-order valence-corrected chi connectivity index (χ1v) is 12.0. The van der Waals surface area contributed by atoms with Crippen LogP contribution in [0.15, 0.2) is 33.0 Å². The fourth-order valence-corrected chi connectivity index (χ4v) is 3.85. The van der Waals surface area contributed by atoms with Gasteiger partial charge < -0.3 is 34.0 Å². The van der Waals surface area contributed by atoms with E-state index in [1.54, 1.807) is 19.1 Å². The highest BCUT2D eigenvalue weighted by molar-refractivity contribution is 7.99. The van der Waals surface area contributed by atoms with Crippen molar-refractivity contribution in [3.63, 3.8) is 0 Å². The Morgan fingerprint density at radius 3 is 2.32 bits per heavy atom. The molecule has 0 aliphatic carbocycles. The van der Waals surface area contributed by atoms with E-state index >= 15 is 0 Å². The van der Waals surface area contributed by atoms with Crippen molar-refractivity contribution in [1.82, 2.24) is 20.8 Å². The van der Waals surface area contributed by atoms with Crippen molar-refractivity contribution in [2.75, 3.05) is 38.7 Å². The maximum absolute atomic E-state index is 12.2. The van der Waals surface area contributed by atoms with E-state index in [1.165, 1.54) is 11.8 Å². The van der Waals surface area contributed by atoms with Crippen LogP contribution in [-0.2, 0) is 9.53 Å². The molecule has 0 fully saturated rings. The Kier molecular flexibility index (Phi) is 9.02. The molecule has 0 saturated carbocycles. The summed E-state index contributed by atoms with van der Waals surface area (Å²) in [6, 6.07) is 3.12. The summed E-state index contributed by atoms with van der Waals surface area (Å²) in [5.74, 6) is 1.56. The minimum Gasteiger partial charge on any atom is -0.490 e. The normalized spacial score (nSPS) is 13.2. The van der Waals surface area contributed by atoms with Gasteiger partial charge in [-0.3, -0.25) is 0 Å². The topological polar surface area (TPSA) is 134 Å². The molecule has 0 radical (unpaired) electrons. The molecule has 1 aliphatic rings. The second-order valence-electron chi connectivity index (χ2n) is 6.75. The first kappa shape index (κ1) is 25.2. The Hall–Kier alpha value is -3.41. The lowest BCUT2D eigenvalue weighted by Crippen LogP contribution is -2.44. The Morgan fingerprint density at radius 1 is 1.03 bits per heavy atom. The summed E-state index contributed by atoms with van der Waals surface area (Å²) < 4.78 is 28.1. The molecule has 184 valence electrons. The summed E-state index contributed by atoms with van der Waals surface area (Å²) in [5, 5.41) is 13.7. The monoisotopic (exact) mass is 492 g/mol. The van der Waals surface area contributed by atoms with Crippen LogP contribution >= 0.6 is 11.8 Å². The molecule has 2 amide bonds. The van der Waals surface area contributed by atoms with E-state index in [9.17, 15) is 9.59 Å². The van der Waals surface area contributed by atoms with E-state index in [4.69, 9.17) is 23.4 Å². The van der Waals surface area contributed by atoms with Crippen LogP contribution in [0.2, 0.25) is 0 Å². The number of nitrogens with one attached hydrogen (secondary N) is 2. The number of nitrogens with zero attached hydrogens (tertiary/aromatic N) is 2. The third-order valence-corrected chi connectivity index (χ3v) is 5.32. The van der Waals surface area contributed by atoms with Gasteiger partial charge in [-0.1, -0.05) is 11.8 Å². The molecule has 11 nitrogen and oxygen atoms in total. The molecule has 34 heavy (non-hydrogen) atoms. The molecule has 2 heterocycles. The van der Waals surface area contributed by atoms with E-state index in [2.05, 4.69) is 20.8 Å². The number of ether oxygens (including phenoxy) is 4. The molecule has 0 atom stereocenters. The Bertz CT molecular complexity index is 1030. The number of amides is 2. The molecule has 1 aromatic carbocycles. The third kappa shape index (κ3) is 6.13. The number of urea groups is 1. The van der Waals surface area contributed by atoms with Crippen LogP contribution in [-0.4, -0.2) is 60.9 Å². The van der Waals surface area contributed by atoms with Crippen LogP contribution in [0.4, 0.5) is 4.79 Å². The largest absolute Gasteiger partial charge is 0.490 e. The van der Waals surface area contributed by atoms with Crippen molar-refractivity contribution in [2.45, 2.75) is 32.9 Å². The highest BCUT2D eigenvalue weighted by Gasteiger charge is 2.24. The van der Waals surface area contributed by atoms with Crippen LogP contribution < -0.4 is 24.8 Å². The van der Waals surface area contributed by atoms with Gasteiger partial charge >= 0.3 is 12.0 Å². The zero-order chi connectivity index (χ0) is 24.5. The van der Waals surface area contributed by atoms with E-state index in [0.717, 1.165) is 0 Å². The molecule has 2 aromatic rings. The predicted molar refractivity (Wildman–Crippen MR) is 124 cm³/mol. The number of benzene rings is 1. The van der Waals surface area contributed by atoms with Crippen LogP contribution in [0.5, 0.6) is 17.2 Å². The van der Waals surface area contributed by atoms with E-state index in [0.29, 0.717) is 53.9 Å². The molecule has 0 unspecified atom stereocenters. The average molecular weight is 493 g/mol. The zero-order valence-electron chi connectivity index (χ0n) is 19.6. The standard InChI is InChI=1S/C22H28N4O7S/c1-5-29-16-9-13(10-17(30-6-2)18(16)31-7-3)19-25-26-22(33-19)34-12-15-14(20(27)32-8-4)11-23-21(28)24-15/h9-10H,5-8,11-12H2,1-4H3,(H2,23,24,28). The Labute approximate surface area is 201 Å². The Balaban J connectivity index is 1.83. The molecule has 0 bridgehead atoms. The minimum atomic E-state index is -0.488. The van der Waals surface area contributed by atoms with Gasteiger partial charge in [0.2, 0.25) is 11.6 Å². The maximum Gasteiger partial charge on any atom is 0.337 e. The number of hydrogen-bond donors (Lipinski definition) is 2. The van der Waals surface area contributed by atoms with Gasteiger partial charge in [-0.25, -0.2) is 9.59 Å². The maximum atomic E-state index is 12.2. The number of carbonyl (C=O) groups excluding carboxylic acids is 2. The quantitative estimate of drug-likeness (QED) is 0.336. The number of esters is 1. The van der Waals surface area contributed by atoms with Gasteiger partial charge in [0.25, 0.3) is 5.22 Å². The highest BCUT2D eigenvalue weighted by atomic mass is 32.2. The molecule has 0 spiro atoms. The van der Waals surface area contributed by atoms with Crippen molar-refractivity contribution in [3.05, 3.63) is 23.4 Å².